The van der Waals surface area contributed by atoms with E-state index < -0.39 is 12.0 Å². The van der Waals surface area contributed by atoms with Gasteiger partial charge in [-0.05, 0) is 23.8 Å². The predicted octanol–water partition coefficient (Wildman–Crippen LogP) is 3.06. The Labute approximate surface area is 188 Å². The summed E-state index contributed by atoms with van der Waals surface area (Å²) in [6, 6.07) is 7.21. The zero-order valence-corrected chi connectivity index (χ0v) is 18.5. The fourth-order valence-corrected chi connectivity index (χ4v) is 5.58. The molecule has 0 spiro atoms. The smallest absolute Gasteiger partial charge is 0.330 e. The largest absolute Gasteiger partial charge is 0.480 e. The molecule has 0 saturated carbocycles. The van der Waals surface area contributed by atoms with Gasteiger partial charge in [0.15, 0.2) is 11.2 Å². The molecule has 0 aliphatic carbocycles. The molecule has 2 aromatic heterocycles. The number of benzene rings is 1. The molecular formula is C20H22ClN7O2S. The zero-order valence-electron chi connectivity index (χ0n) is 16.9. The molecule has 3 unspecified atom stereocenters. The third-order valence-corrected chi connectivity index (χ3v) is 7.42. The van der Waals surface area contributed by atoms with E-state index >= 15 is 0 Å². The van der Waals surface area contributed by atoms with Crippen molar-refractivity contribution in [3.8, 4) is 10.7 Å². The lowest BCUT2D eigenvalue weighted by Crippen LogP contribution is -2.28. The number of anilines is 2. The molecule has 1 aromatic carbocycles. The van der Waals surface area contributed by atoms with Gasteiger partial charge in [-0.25, -0.2) is 9.78 Å². The first-order valence-corrected chi connectivity index (χ1v) is 11.5. The SMILES string of the molecule is CCC(C(=O)O)n1nnc(-c2cnc(N3CC4CN(c5ccccc5Cl)CC4C3)s2)n1. The third-order valence-electron chi connectivity index (χ3n) is 6.04. The van der Waals surface area contributed by atoms with Gasteiger partial charge in [-0.1, -0.05) is 42.0 Å². The lowest BCUT2D eigenvalue weighted by molar-refractivity contribution is -0.141. The van der Waals surface area contributed by atoms with Gasteiger partial charge in [-0.3, -0.25) is 0 Å². The van der Waals surface area contributed by atoms with Crippen LogP contribution < -0.4 is 9.80 Å². The standard InChI is InChI=1S/C20H22ClN7O2S/c1-2-15(19(29)30)28-24-18(23-25-28)17-7-22-20(31-17)27-10-12-8-26(9-13(12)11-27)16-6-4-3-5-14(16)21/h3-7,12-13,15H,2,8-11H2,1H3,(H,29,30). The van der Waals surface area contributed by atoms with E-state index in [0.29, 0.717) is 24.1 Å². The van der Waals surface area contributed by atoms with E-state index in [-0.39, 0.29) is 0 Å². The number of para-hydroxylation sites is 1. The van der Waals surface area contributed by atoms with E-state index in [9.17, 15) is 9.90 Å². The summed E-state index contributed by atoms with van der Waals surface area (Å²) in [5.74, 6) is 0.589. The van der Waals surface area contributed by atoms with Crippen LogP contribution in [0, 0.1) is 11.8 Å². The fourth-order valence-electron chi connectivity index (χ4n) is 4.46. The Hall–Kier alpha value is -2.72. The van der Waals surface area contributed by atoms with Crippen LogP contribution in [0.25, 0.3) is 10.7 Å². The van der Waals surface area contributed by atoms with Crippen molar-refractivity contribution in [1.29, 1.82) is 0 Å². The number of fused-ring (bicyclic) bond motifs is 1. The van der Waals surface area contributed by atoms with Gasteiger partial charge in [-0.2, -0.15) is 0 Å². The van der Waals surface area contributed by atoms with Gasteiger partial charge < -0.3 is 14.9 Å². The summed E-state index contributed by atoms with van der Waals surface area (Å²) in [5.41, 5.74) is 1.11. The first-order chi connectivity index (χ1) is 15.0. The third kappa shape index (κ3) is 3.74. The summed E-state index contributed by atoms with van der Waals surface area (Å²) in [6.45, 7) is 5.67. The van der Waals surface area contributed by atoms with Crippen molar-refractivity contribution >= 4 is 39.7 Å². The van der Waals surface area contributed by atoms with E-state index in [2.05, 4.69) is 36.3 Å². The number of aliphatic carboxylic acids is 1. The summed E-state index contributed by atoms with van der Waals surface area (Å²) in [4.78, 5) is 22.6. The molecule has 162 valence electrons. The van der Waals surface area contributed by atoms with Crippen molar-refractivity contribution in [3.05, 3.63) is 35.5 Å². The Morgan fingerprint density at radius 2 is 1.94 bits per heavy atom. The fraction of sp³-hybridized carbons (Fsp3) is 0.450. The summed E-state index contributed by atoms with van der Waals surface area (Å²) in [7, 11) is 0. The topological polar surface area (TPSA) is 100 Å². The number of hydrogen-bond acceptors (Lipinski definition) is 8. The first kappa shape index (κ1) is 20.2. The van der Waals surface area contributed by atoms with Crippen LogP contribution in [-0.2, 0) is 4.79 Å². The molecule has 9 nitrogen and oxygen atoms in total. The number of halogens is 1. The van der Waals surface area contributed by atoms with Gasteiger partial charge in [0.1, 0.15) is 0 Å². The van der Waals surface area contributed by atoms with Crippen molar-refractivity contribution in [2.45, 2.75) is 19.4 Å². The van der Waals surface area contributed by atoms with Crippen LogP contribution in [0.3, 0.4) is 0 Å². The van der Waals surface area contributed by atoms with E-state index in [1.54, 1.807) is 13.1 Å². The number of hydrogen-bond donors (Lipinski definition) is 1. The Bertz CT molecular complexity index is 1090. The molecule has 2 saturated heterocycles. The molecule has 1 N–H and O–H groups in total. The number of rotatable bonds is 6. The van der Waals surface area contributed by atoms with Crippen LogP contribution in [0.15, 0.2) is 30.5 Å². The van der Waals surface area contributed by atoms with Crippen molar-refractivity contribution < 1.29 is 9.90 Å². The maximum atomic E-state index is 11.3. The van der Waals surface area contributed by atoms with Gasteiger partial charge in [0.05, 0.1) is 21.8 Å². The van der Waals surface area contributed by atoms with Crippen molar-refractivity contribution in [2.24, 2.45) is 11.8 Å². The number of carboxylic acid groups (broad SMARTS) is 1. The minimum absolute atomic E-state index is 0.390. The van der Waals surface area contributed by atoms with Crippen LogP contribution in [0.2, 0.25) is 5.02 Å². The first-order valence-electron chi connectivity index (χ1n) is 10.3. The van der Waals surface area contributed by atoms with Gasteiger partial charge in [0.2, 0.25) is 5.82 Å². The molecule has 31 heavy (non-hydrogen) atoms. The minimum atomic E-state index is -0.967. The summed E-state index contributed by atoms with van der Waals surface area (Å²) in [6.07, 6.45) is 2.13. The van der Waals surface area contributed by atoms with E-state index in [1.807, 2.05) is 18.2 Å². The van der Waals surface area contributed by atoms with Crippen LogP contribution in [-0.4, -0.2) is 62.4 Å². The van der Waals surface area contributed by atoms with Gasteiger partial charge >= 0.3 is 5.97 Å². The molecule has 0 bridgehead atoms. The van der Waals surface area contributed by atoms with Gasteiger partial charge in [0, 0.05) is 38.0 Å². The van der Waals surface area contributed by atoms with Crippen molar-refractivity contribution in [1.82, 2.24) is 25.2 Å². The zero-order chi connectivity index (χ0) is 21.5. The maximum absolute atomic E-state index is 11.3. The quantitative estimate of drug-likeness (QED) is 0.600. The van der Waals surface area contributed by atoms with Crippen molar-refractivity contribution in [3.63, 3.8) is 0 Å². The maximum Gasteiger partial charge on any atom is 0.330 e. The molecule has 2 aliphatic rings. The highest BCUT2D eigenvalue weighted by atomic mass is 35.5. The molecule has 5 rings (SSSR count). The van der Waals surface area contributed by atoms with Gasteiger partial charge in [0.25, 0.3) is 0 Å². The molecule has 3 atom stereocenters. The number of tetrazole rings is 1. The van der Waals surface area contributed by atoms with Crippen LogP contribution in [0.5, 0.6) is 0 Å². The van der Waals surface area contributed by atoms with Crippen molar-refractivity contribution in [2.75, 3.05) is 36.0 Å². The number of thiazole rings is 1. The molecule has 0 amide bonds. The molecule has 4 heterocycles. The average Bonchev–Trinajstić information content (AvgIpc) is 3.51. The second kappa shape index (κ2) is 8.08. The Kier molecular flexibility index (Phi) is 5.27. The number of carboxylic acids is 1. The average molecular weight is 460 g/mol. The van der Waals surface area contributed by atoms with Crippen LogP contribution in [0.1, 0.15) is 19.4 Å². The Balaban J connectivity index is 1.26. The van der Waals surface area contributed by atoms with Crippen LogP contribution in [0.4, 0.5) is 10.8 Å². The highest BCUT2D eigenvalue weighted by Crippen LogP contribution is 2.39. The molecule has 11 heteroatoms. The Morgan fingerprint density at radius 1 is 1.23 bits per heavy atom. The van der Waals surface area contributed by atoms with E-state index in [1.165, 1.54) is 16.1 Å². The second-order valence-electron chi connectivity index (χ2n) is 7.98. The van der Waals surface area contributed by atoms with Crippen LogP contribution >= 0.6 is 22.9 Å². The minimum Gasteiger partial charge on any atom is -0.480 e. The molecule has 3 aromatic rings. The summed E-state index contributed by atoms with van der Waals surface area (Å²) >= 11 is 7.90. The number of carbonyl (C=O) groups is 1. The molecule has 0 radical (unpaired) electrons. The van der Waals surface area contributed by atoms with Gasteiger partial charge in [-0.15, -0.1) is 15.0 Å². The highest BCUT2D eigenvalue weighted by molar-refractivity contribution is 7.18. The molecule has 2 aliphatic heterocycles. The lowest BCUT2D eigenvalue weighted by atomic mass is 10.0. The Morgan fingerprint density at radius 3 is 2.61 bits per heavy atom. The van der Waals surface area contributed by atoms with E-state index in [4.69, 9.17) is 11.6 Å². The summed E-state index contributed by atoms with van der Waals surface area (Å²) < 4.78 is 0. The highest BCUT2D eigenvalue weighted by Gasteiger charge is 2.41. The normalized spacial score (nSPS) is 21.5. The molecular weight excluding hydrogens is 438 g/mol. The predicted molar refractivity (Wildman–Crippen MR) is 119 cm³/mol. The lowest BCUT2D eigenvalue weighted by Gasteiger charge is -2.23. The van der Waals surface area contributed by atoms with E-state index in [0.717, 1.165) is 46.9 Å². The number of nitrogens with zero attached hydrogens (tertiary/aromatic N) is 7. The monoisotopic (exact) mass is 459 g/mol. The number of aromatic nitrogens is 5. The molecule has 2 fully saturated rings. The second-order valence-corrected chi connectivity index (χ2v) is 9.40. The summed E-state index contributed by atoms with van der Waals surface area (Å²) in [5, 5.41) is 23.3.